The minimum Gasteiger partial charge on any atom is -0.357 e. The second kappa shape index (κ2) is 9.00. The summed E-state index contributed by atoms with van der Waals surface area (Å²) in [4.78, 5) is 6.68. The highest BCUT2D eigenvalue weighted by Crippen LogP contribution is 2.08. The number of aliphatic imine (C=N–C) groups is 1. The molecule has 0 aliphatic rings. The third-order valence-corrected chi connectivity index (χ3v) is 2.61. The van der Waals surface area contributed by atoms with Gasteiger partial charge in [-0.2, -0.15) is 0 Å². The van der Waals surface area contributed by atoms with Gasteiger partial charge in [-0.1, -0.05) is 30.2 Å². The van der Waals surface area contributed by atoms with Crippen LogP contribution in [0.2, 0.25) is 0 Å². The van der Waals surface area contributed by atoms with Crippen LogP contribution >= 0.6 is 0 Å². The van der Waals surface area contributed by atoms with Crippen LogP contribution in [0, 0.1) is 12.3 Å². The third kappa shape index (κ3) is 6.26. The van der Waals surface area contributed by atoms with Crippen molar-refractivity contribution in [1.82, 2.24) is 15.5 Å². The Bertz CT molecular complexity index is 472. The van der Waals surface area contributed by atoms with Crippen molar-refractivity contribution in [2.75, 3.05) is 27.2 Å². The molecular weight excluding hydrogens is 248 g/mol. The lowest BCUT2D eigenvalue weighted by Gasteiger charge is -2.11. The fourth-order valence-corrected chi connectivity index (χ4v) is 1.84. The van der Waals surface area contributed by atoms with Crippen LogP contribution in [0.25, 0.3) is 0 Å². The van der Waals surface area contributed by atoms with Gasteiger partial charge < -0.3 is 15.5 Å². The molecule has 0 saturated carbocycles. The summed E-state index contributed by atoms with van der Waals surface area (Å²) in [6.45, 7) is 4.91. The lowest BCUT2D eigenvalue weighted by Crippen LogP contribution is -2.37. The molecule has 2 N–H and O–H groups in total. The lowest BCUT2D eigenvalue weighted by molar-refractivity contribution is 0.402. The summed E-state index contributed by atoms with van der Waals surface area (Å²) in [5, 5.41) is 6.25. The largest absolute Gasteiger partial charge is 0.357 e. The van der Waals surface area contributed by atoms with E-state index in [2.05, 4.69) is 64.8 Å². The predicted molar refractivity (Wildman–Crippen MR) is 85.5 cm³/mol. The Hall–Kier alpha value is -1.99. The molecule has 0 unspecified atom stereocenters. The molecule has 20 heavy (non-hydrogen) atoms. The van der Waals surface area contributed by atoms with Crippen LogP contribution in [-0.4, -0.2) is 38.0 Å². The zero-order chi connectivity index (χ0) is 14.8. The Labute approximate surface area is 122 Å². The molecular formula is C16H24N4. The Morgan fingerprint density at radius 2 is 2.05 bits per heavy atom. The van der Waals surface area contributed by atoms with E-state index >= 15 is 0 Å². The van der Waals surface area contributed by atoms with Gasteiger partial charge >= 0.3 is 0 Å². The molecule has 0 fully saturated rings. The smallest absolute Gasteiger partial charge is 0.192 e. The molecule has 0 heterocycles. The molecule has 0 bridgehead atoms. The number of hydrogen-bond donors (Lipinski definition) is 2. The van der Waals surface area contributed by atoms with Gasteiger partial charge in [-0.05, 0) is 32.1 Å². The Balaban J connectivity index is 2.68. The highest BCUT2D eigenvalue weighted by Gasteiger charge is 1.99. The summed E-state index contributed by atoms with van der Waals surface area (Å²) in [5.41, 5.74) is 2.49. The van der Waals surface area contributed by atoms with Gasteiger partial charge in [-0.3, -0.25) is 0 Å². The van der Waals surface area contributed by atoms with Crippen molar-refractivity contribution < 1.29 is 0 Å². The van der Waals surface area contributed by atoms with Gasteiger partial charge in [0.25, 0.3) is 0 Å². The van der Waals surface area contributed by atoms with Gasteiger partial charge in [-0.25, -0.2) is 4.99 Å². The van der Waals surface area contributed by atoms with E-state index < -0.39 is 0 Å². The van der Waals surface area contributed by atoms with Gasteiger partial charge in [0.15, 0.2) is 5.96 Å². The van der Waals surface area contributed by atoms with Crippen molar-refractivity contribution in [3.63, 3.8) is 0 Å². The van der Waals surface area contributed by atoms with E-state index in [9.17, 15) is 0 Å². The number of benzene rings is 1. The first kappa shape index (κ1) is 16.1. The summed E-state index contributed by atoms with van der Waals surface area (Å²) in [6, 6.07) is 8.49. The maximum Gasteiger partial charge on any atom is 0.192 e. The number of nitrogens with one attached hydrogen (secondary N) is 2. The first-order chi connectivity index (χ1) is 9.65. The average molecular weight is 272 g/mol. The second-order valence-corrected chi connectivity index (χ2v) is 4.81. The van der Waals surface area contributed by atoms with E-state index in [1.165, 1.54) is 11.1 Å². The van der Waals surface area contributed by atoms with Gasteiger partial charge in [0.05, 0.1) is 13.1 Å². The Kier molecular flexibility index (Phi) is 7.23. The molecule has 0 saturated heterocycles. The van der Waals surface area contributed by atoms with Crippen LogP contribution < -0.4 is 10.6 Å². The summed E-state index contributed by atoms with van der Waals surface area (Å²) >= 11 is 0. The maximum atomic E-state index is 5.25. The molecule has 1 aromatic carbocycles. The molecule has 0 aliphatic heterocycles. The zero-order valence-electron chi connectivity index (χ0n) is 12.6. The molecule has 1 aromatic rings. The van der Waals surface area contributed by atoms with Crippen molar-refractivity contribution >= 4 is 5.96 Å². The first-order valence-corrected chi connectivity index (χ1v) is 6.84. The molecule has 0 aliphatic carbocycles. The first-order valence-electron chi connectivity index (χ1n) is 6.84. The summed E-state index contributed by atoms with van der Waals surface area (Å²) in [6.07, 6.45) is 5.25. The van der Waals surface area contributed by atoms with Crippen molar-refractivity contribution in [1.29, 1.82) is 0 Å². The molecule has 0 radical (unpaired) electrons. The van der Waals surface area contributed by atoms with Gasteiger partial charge in [0.1, 0.15) is 0 Å². The summed E-state index contributed by atoms with van der Waals surface area (Å²) < 4.78 is 0. The van der Waals surface area contributed by atoms with E-state index in [0.29, 0.717) is 13.1 Å². The standard InChI is InChI=1S/C16H24N4/c1-5-10-18-16(17-6-2)19-12-14-8-7-9-15(11-14)13-20(3)4/h1,7-9,11H,6,10,12-13H2,2-4H3,(H2,17,18,19). The maximum absolute atomic E-state index is 5.25. The van der Waals surface area contributed by atoms with Crippen LogP contribution in [0.5, 0.6) is 0 Å². The number of rotatable bonds is 6. The van der Waals surface area contributed by atoms with E-state index in [1.807, 2.05) is 6.92 Å². The third-order valence-electron chi connectivity index (χ3n) is 2.61. The lowest BCUT2D eigenvalue weighted by atomic mass is 10.1. The highest BCUT2D eigenvalue weighted by atomic mass is 15.2. The van der Waals surface area contributed by atoms with Gasteiger partial charge in [-0.15, -0.1) is 6.42 Å². The van der Waals surface area contributed by atoms with Crippen molar-refractivity contribution in [2.45, 2.75) is 20.0 Å². The van der Waals surface area contributed by atoms with Crippen LogP contribution in [0.4, 0.5) is 0 Å². The van der Waals surface area contributed by atoms with Crippen LogP contribution in [0.15, 0.2) is 29.3 Å². The number of guanidine groups is 1. The SMILES string of the molecule is C#CCNC(=NCc1cccc(CN(C)C)c1)NCC. The molecule has 4 heteroatoms. The topological polar surface area (TPSA) is 39.7 Å². The van der Waals surface area contributed by atoms with Crippen LogP contribution in [-0.2, 0) is 13.1 Å². The number of hydrogen-bond acceptors (Lipinski definition) is 2. The van der Waals surface area contributed by atoms with Crippen molar-refractivity contribution in [2.24, 2.45) is 4.99 Å². The van der Waals surface area contributed by atoms with E-state index in [1.54, 1.807) is 0 Å². The van der Waals surface area contributed by atoms with Crippen molar-refractivity contribution in [3.8, 4) is 12.3 Å². The second-order valence-electron chi connectivity index (χ2n) is 4.81. The Morgan fingerprint density at radius 3 is 2.70 bits per heavy atom. The molecule has 108 valence electrons. The van der Waals surface area contributed by atoms with Crippen molar-refractivity contribution in [3.05, 3.63) is 35.4 Å². The van der Waals surface area contributed by atoms with Gasteiger partial charge in [0.2, 0.25) is 0 Å². The molecule has 4 nitrogen and oxygen atoms in total. The van der Waals surface area contributed by atoms with Gasteiger partial charge in [0, 0.05) is 13.1 Å². The fraction of sp³-hybridized carbons (Fsp3) is 0.438. The fourth-order valence-electron chi connectivity index (χ4n) is 1.84. The summed E-state index contributed by atoms with van der Waals surface area (Å²) in [7, 11) is 4.13. The van der Waals surface area contributed by atoms with Crippen LogP contribution in [0.3, 0.4) is 0 Å². The highest BCUT2D eigenvalue weighted by molar-refractivity contribution is 5.79. The normalized spacial score (nSPS) is 11.2. The monoisotopic (exact) mass is 272 g/mol. The quantitative estimate of drug-likeness (QED) is 0.468. The molecule has 0 spiro atoms. The minimum atomic E-state index is 0.479. The number of nitrogens with zero attached hydrogens (tertiary/aromatic N) is 2. The van der Waals surface area contributed by atoms with E-state index in [4.69, 9.17) is 6.42 Å². The predicted octanol–water partition coefficient (Wildman–Crippen LogP) is 1.44. The summed E-state index contributed by atoms with van der Waals surface area (Å²) in [5.74, 6) is 3.30. The number of terminal acetylenes is 1. The molecule has 1 rings (SSSR count). The minimum absolute atomic E-state index is 0.479. The molecule has 0 aromatic heterocycles. The molecule has 0 atom stereocenters. The molecule has 0 amide bonds. The Morgan fingerprint density at radius 1 is 1.30 bits per heavy atom. The van der Waals surface area contributed by atoms with E-state index in [-0.39, 0.29) is 0 Å². The average Bonchev–Trinajstić information content (AvgIpc) is 2.41. The van der Waals surface area contributed by atoms with E-state index in [0.717, 1.165) is 19.0 Å². The van der Waals surface area contributed by atoms with Crippen LogP contribution in [0.1, 0.15) is 18.1 Å². The zero-order valence-corrected chi connectivity index (χ0v) is 12.6.